The van der Waals surface area contributed by atoms with Gasteiger partial charge in [0.1, 0.15) is 24.3 Å². The van der Waals surface area contributed by atoms with Gasteiger partial charge in [0.25, 0.3) is 5.84 Å². The standard InChI is InChI=1S/C18H19FN3O3/c1-4-25-15-11(2)9-20-16-14(15)17(23)22(18(24)21(16)3)10-12-5-7-13(19)8-6-12/h5-9,14H,4,10H2,1-3H3/q+1. The zero-order valence-electron chi connectivity index (χ0n) is 14.3. The van der Waals surface area contributed by atoms with E-state index in [-0.39, 0.29) is 18.3 Å². The molecule has 2 aliphatic heterocycles. The molecule has 7 heteroatoms. The number of carbonyl (C=O) groups is 2. The van der Waals surface area contributed by atoms with Gasteiger partial charge >= 0.3 is 11.9 Å². The molecule has 0 radical (unpaired) electrons. The van der Waals surface area contributed by atoms with E-state index in [2.05, 4.69) is 4.99 Å². The van der Waals surface area contributed by atoms with E-state index in [1.807, 2.05) is 13.8 Å². The van der Waals surface area contributed by atoms with Gasteiger partial charge in [-0.3, -0.25) is 4.79 Å². The Kier molecular flexibility index (Phi) is 4.48. The largest absolute Gasteiger partial charge is 0.496 e. The van der Waals surface area contributed by atoms with E-state index >= 15 is 0 Å². The predicted molar refractivity (Wildman–Crippen MR) is 89.8 cm³/mol. The lowest BCUT2D eigenvalue weighted by atomic mass is 9.96. The molecule has 1 aromatic rings. The smallest absolute Gasteiger partial charge is 0.445 e. The van der Waals surface area contributed by atoms with Crippen LogP contribution in [0.25, 0.3) is 0 Å². The summed E-state index contributed by atoms with van der Waals surface area (Å²) < 4.78 is 20.1. The highest BCUT2D eigenvalue weighted by Gasteiger charge is 2.50. The first-order valence-corrected chi connectivity index (χ1v) is 8.02. The summed E-state index contributed by atoms with van der Waals surface area (Å²) in [6.07, 6.45) is 1.60. The van der Waals surface area contributed by atoms with Crippen molar-refractivity contribution in [1.82, 2.24) is 4.90 Å². The van der Waals surface area contributed by atoms with Gasteiger partial charge in [-0.05, 0) is 31.5 Å². The Bertz CT molecular complexity index is 824. The maximum atomic E-state index is 13.1. The highest BCUT2D eigenvalue weighted by atomic mass is 19.1. The van der Waals surface area contributed by atoms with Crippen molar-refractivity contribution in [3.05, 3.63) is 47.0 Å². The van der Waals surface area contributed by atoms with Crippen LogP contribution in [0.3, 0.4) is 0 Å². The van der Waals surface area contributed by atoms with Crippen LogP contribution in [0, 0.1) is 11.7 Å². The fraction of sp³-hybridized carbons (Fsp3) is 0.333. The van der Waals surface area contributed by atoms with E-state index in [1.54, 1.807) is 25.4 Å². The molecule has 1 unspecified atom stereocenters. The van der Waals surface area contributed by atoms with Crippen LogP contribution in [0.1, 0.15) is 19.4 Å². The van der Waals surface area contributed by atoms with Gasteiger partial charge in [-0.2, -0.15) is 9.48 Å². The molecule has 3 amide bonds. The number of imide groups is 1. The minimum absolute atomic E-state index is 0.0637. The monoisotopic (exact) mass is 344 g/mol. The molecule has 1 aromatic carbocycles. The van der Waals surface area contributed by atoms with Crippen LogP contribution in [-0.4, -0.2) is 47.1 Å². The number of dihydropyridines is 1. The highest BCUT2D eigenvalue weighted by Crippen LogP contribution is 2.28. The van der Waals surface area contributed by atoms with E-state index in [4.69, 9.17) is 4.74 Å². The number of hydrogen-bond donors (Lipinski definition) is 0. The normalized spacial score (nSPS) is 20.3. The number of ether oxygens (including phenoxy) is 1. The summed E-state index contributed by atoms with van der Waals surface area (Å²) in [7, 11) is 1.58. The summed E-state index contributed by atoms with van der Waals surface area (Å²) in [6.45, 7) is 4.13. The molecule has 130 valence electrons. The summed E-state index contributed by atoms with van der Waals surface area (Å²) >= 11 is 0. The average molecular weight is 344 g/mol. The topological polar surface area (TPSA) is 62.0 Å². The van der Waals surface area contributed by atoms with E-state index in [1.165, 1.54) is 16.7 Å². The van der Waals surface area contributed by atoms with Crippen molar-refractivity contribution in [3.63, 3.8) is 0 Å². The molecular weight excluding hydrogens is 325 g/mol. The van der Waals surface area contributed by atoms with Gasteiger partial charge in [-0.15, -0.1) is 4.99 Å². The second kappa shape index (κ2) is 6.58. The summed E-state index contributed by atoms with van der Waals surface area (Å²) in [5, 5.41) is 0. The lowest BCUT2D eigenvalue weighted by Gasteiger charge is -2.29. The number of benzene rings is 1. The Morgan fingerprint density at radius 3 is 2.60 bits per heavy atom. The molecule has 0 fully saturated rings. The zero-order valence-corrected chi connectivity index (χ0v) is 14.3. The van der Waals surface area contributed by atoms with Gasteiger partial charge in [-0.25, -0.2) is 9.18 Å². The Hall–Kier alpha value is -2.83. The molecule has 0 aliphatic carbocycles. The van der Waals surface area contributed by atoms with Crippen molar-refractivity contribution in [2.75, 3.05) is 13.7 Å². The van der Waals surface area contributed by atoms with E-state index in [0.29, 0.717) is 23.8 Å². The number of aliphatic imine (C=N–C) groups is 1. The van der Waals surface area contributed by atoms with E-state index in [0.717, 1.165) is 10.5 Å². The lowest BCUT2D eigenvalue weighted by molar-refractivity contribution is -0.409. The van der Waals surface area contributed by atoms with Crippen LogP contribution < -0.4 is 0 Å². The van der Waals surface area contributed by atoms with Crippen molar-refractivity contribution >= 4 is 24.0 Å². The van der Waals surface area contributed by atoms with Gasteiger partial charge in [0.05, 0.1) is 13.7 Å². The quantitative estimate of drug-likeness (QED) is 0.788. The number of hydrogen-bond acceptors (Lipinski definition) is 4. The van der Waals surface area contributed by atoms with E-state index in [9.17, 15) is 14.0 Å². The minimum atomic E-state index is -0.743. The van der Waals surface area contributed by atoms with Crippen LogP contribution in [0.5, 0.6) is 0 Å². The molecule has 0 saturated carbocycles. The third-order valence-electron chi connectivity index (χ3n) is 4.23. The van der Waals surface area contributed by atoms with Crippen LogP contribution in [0.4, 0.5) is 9.18 Å². The van der Waals surface area contributed by atoms with Gasteiger partial charge in [-0.1, -0.05) is 12.1 Å². The molecule has 0 bridgehead atoms. The van der Waals surface area contributed by atoms with Gasteiger partial charge in [0.2, 0.25) is 0 Å². The van der Waals surface area contributed by atoms with Crippen LogP contribution >= 0.6 is 0 Å². The number of rotatable bonds is 4. The van der Waals surface area contributed by atoms with Crippen molar-refractivity contribution in [2.45, 2.75) is 20.4 Å². The summed E-state index contributed by atoms with van der Waals surface area (Å²) in [5.41, 5.74) is 1.42. The molecule has 0 spiro atoms. The van der Waals surface area contributed by atoms with Crippen LogP contribution in [0.2, 0.25) is 0 Å². The lowest BCUT2D eigenvalue weighted by Crippen LogP contribution is -2.54. The zero-order chi connectivity index (χ0) is 18.1. The molecule has 3 rings (SSSR count). The molecular formula is C18H19FN3O3+. The van der Waals surface area contributed by atoms with Gasteiger partial charge < -0.3 is 4.74 Å². The first-order chi connectivity index (χ1) is 11.9. The van der Waals surface area contributed by atoms with Crippen molar-refractivity contribution in [3.8, 4) is 0 Å². The number of allylic oxidation sites excluding steroid dienone is 1. The number of urea groups is 1. The second-order valence-corrected chi connectivity index (χ2v) is 5.92. The third kappa shape index (κ3) is 2.97. The number of carbonyl (C=O) groups excluding carboxylic acids is 2. The fourth-order valence-corrected chi connectivity index (χ4v) is 2.95. The fourth-order valence-electron chi connectivity index (χ4n) is 2.95. The number of fused-ring (bicyclic) bond motifs is 1. The molecule has 0 saturated heterocycles. The number of amidine groups is 1. The SMILES string of the molecule is CCOC1=C(C)C=NC2=[N+](C)C(=O)N(Cc3ccc(F)cc3)C(=O)C12. The molecule has 25 heavy (non-hydrogen) atoms. The predicted octanol–water partition coefficient (Wildman–Crippen LogP) is 2.34. The minimum Gasteiger partial charge on any atom is -0.496 e. The molecule has 2 aliphatic rings. The average Bonchev–Trinajstić information content (AvgIpc) is 2.60. The second-order valence-electron chi connectivity index (χ2n) is 5.92. The number of halogens is 1. The Balaban J connectivity index is 1.99. The van der Waals surface area contributed by atoms with E-state index < -0.39 is 11.9 Å². The Morgan fingerprint density at radius 1 is 1.28 bits per heavy atom. The molecule has 1 atom stereocenters. The summed E-state index contributed by atoms with van der Waals surface area (Å²) in [4.78, 5) is 31.0. The van der Waals surface area contributed by atoms with Crippen LogP contribution in [-0.2, 0) is 16.1 Å². The Labute approximate surface area is 144 Å². The summed E-state index contributed by atoms with van der Waals surface area (Å²) in [6, 6.07) is 5.25. The van der Waals surface area contributed by atoms with Gasteiger partial charge in [0, 0.05) is 5.57 Å². The molecule has 2 heterocycles. The molecule has 0 N–H and O–H groups in total. The molecule has 6 nitrogen and oxygen atoms in total. The number of nitrogens with zero attached hydrogens (tertiary/aromatic N) is 3. The highest BCUT2D eigenvalue weighted by molar-refractivity contribution is 6.16. The third-order valence-corrected chi connectivity index (χ3v) is 4.23. The van der Waals surface area contributed by atoms with Crippen molar-refractivity contribution < 1.29 is 23.3 Å². The summed E-state index contributed by atoms with van der Waals surface area (Å²) in [5.74, 6) is -0.623. The van der Waals surface area contributed by atoms with Gasteiger partial charge in [0.15, 0.2) is 5.92 Å². The maximum absolute atomic E-state index is 13.1. The molecule has 0 aromatic heterocycles. The Morgan fingerprint density at radius 2 is 1.96 bits per heavy atom. The van der Waals surface area contributed by atoms with Crippen LogP contribution in [0.15, 0.2) is 40.6 Å². The van der Waals surface area contributed by atoms with Crippen molar-refractivity contribution in [1.29, 1.82) is 0 Å². The maximum Gasteiger partial charge on any atom is 0.445 e. The first-order valence-electron chi connectivity index (χ1n) is 8.02. The van der Waals surface area contributed by atoms with Crippen molar-refractivity contribution in [2.24, 2.45) is 10.9 Å². The first kappa shape index (κ1) is 17.0. The number of amides is 3.